The molecule has 2 heterocycles. The first-order chi connectivity index (χ1) is 7.66. The Bertz CT molecular complexity index is 446. The molecule has 16 heavy (non-hydrogen) atoms. The van der Waals surface area contributed by atoms with Crippen LogP contribution in [0.15, 0.2) is 24.3 Å². The normalized spacial score (nSPS) is 15.2. The smallest absolute Gasteiger partial charge is 0.335 e. The fourth-order valence-corrected chi connectivity index (χ4v) is 1.82. The minimum absolute atomic E-state index is 0.171. The summed E-state index contributed by atoms with van der Waals surface area (Å²) in [6.45, 7) is 1.58. The average Bonchev–Trinajstić information content (AvgIpc) is 2.29. The second kappa shape index (κ2) is 4.53. The maximum Gasteiger partial charge on any atom is 0.335 e. The Balaban J connectivity index is 2.33. The van der Waals surface area contributed by atoms with E-state index in [2.05, 4.69) is 11.1 Å². The van der Waals surface area contributed by atoms with Crippen LogP contribution in [0.2, 0.25) is 5.15 Å². The summed E-state index contributed by atoms with van der Waals surface area (Å²) >= 11 is 5.79. The molecule has 0 amide bonds. The predicted octanol–water partition coefficient (Wildman–Crippen LogP) is 2.20. The molecule has 0 spiro atoms. The number of carboxylic acid groups (broad SMARTS) is 1. The molecule has 4 nitrogen and oxygen atoms in total. The van der Waals surface area contributed by atoms with Gasteiger partial charge < -0.3 is 10.0 Å². The molecule has 0 aromatic carbocycles. The molecular formula is C11H11ClN2O2. The Morgan fingerprint density at radius 3 is 2.88 bits per heavy atom. The molecule has 1 N–H and O–H groups in total. The van der Waals surface area contributed by atoms with Gasteiger partial charge in [-0.3, -0.25) is 0 Å². The molecule has 0 fully saturated rings. The maximum atomic E-state index is 10.9. The van der Waals surface area contributed by atoms with Gasteiger partial charge in [0.15, 0.2) is 0 Å². The van der Waals surface area contributed by atoms with Crippen LogP contribution in [-0.4, -0.2) is 29.1 Å². The third-order valence-electron chi connectivity index (χ3n) is 2.41. The Hall–Kier alpha value is -1.55. The van der Waals surface area contributed by atoms with Gasteiger partial charge in [-0.1, -0.05) is 23.8 Å². The third kappa shape index (κ3) is 2.33. The zero-order chi connectivity index (χ0) is 11.5. The minimum atomic E-state index is -0.988. The zero-order valence-electron chi connectivity index (χ0n) is 8.56. The van der Waals surface area contributed by atoms with Crippen molar-refractivity contribution < 1.29 is 9.90 Å². The number of carboxylic acids is 1. The second-order valence-electron chi connectivity index (χ2n) is 3.55. The van der Waals surface area contributed by atoms with Gasteiger partial charge in [-0.05, 0) is 18.6 Å². The topological polar surface area (TPSA) is 53.4 Å². The molecule has 2 rings (SSSR count). The molecule has 1 aromatic heterocycles. The number of rotatable bonds is 2. The van der Waals surface area contributed by atoms with E-state index < -0.39 is 5.97 Å². The van der Waals surface area contributed by atoms with Gasteiger partial charge in [0, 0.05) is 13.1 Å². The highest BCUT2D eigenvalue weighted by Gasteiger charge is 2.13. The Morgan fingerprint density at radius 2 is 2.25 bits per heavy atom. The van der Waals surface area contributed by atoms with Crippen LogP contribution in [0.25, 0.3) is 0 Å². The lowest BCUT2D eigenvalue weighted by atomic mass is 10.2. The van der Waals surface area contributed by atoms with Crippen molar-refractivity contribution >= 4 is 23.4 Å². The molecule has 1 aliphatic rings. The van der Waals surface area contributed by atoms with Gasteiger partial charge in [0.05, 0.1) is 5.56 Å². The Labute approximate surface area is 98.2 Å². The summed E-state index contributed by atoms with van der Waals surface area (Å²) in [5.41, 5.74) is 0.171. The number of carbonyl (C=O) groups is 1. The molecule has 1 aromatic rings. The summed E-state index contributed by atoms with van der Waals surface area (Å²) in [5, 5.41) is 9.13. The molecule has 84 valence electrons. The van der Waals surface area contributed by atoms with E-state index in [1.807, 2.05) is 11.0 Å². The lowest BCUT2D eigenvalue weighted by Gasteiger charge is -2.24. The van der Waals surface area contributed by atoms with E-state index >= 15 is 0 Å². The molecule has 0 radical (unpaired) electrons. The molecule has 0 bridgehead atoms. The number of hydrogen-bond donors (Lipinski definition) is 1. The minimum Gasteiger partial charge on any atom is -0.478 e. The lowest BCUT2D eigenvalue weighted by Crippen LogP contribution is -2.27. The Morgan fingerprint density at radius 1 is 1.44 bits per heavy atom. The first-order valence-electron chi connectivity index (χ1n) is 4.97. The van der Waals surface area contributed by atoms with Crippen molar-refractivity contribution in [2.24, 2.45) is 0 Å². The highest BCUT2D eigenvalue weighted by Crippen LogP contribution is 2.19. The second-order valence-corrected chi connectivity index (χ2v) is 3.94. The summed E-state index contributed by atoms with van der Waals surface area (Å²) < 4.78 is 0. The van der Waals surface area contributed by atoms with Crippen LogP contribution in [-0.2, 0) is 0 Å². The fourth-order valence-electron chi connectivity index (χ4n) is 1.62. The van der Waals surface area contributed by atoms with E-state index in [0.29, 0.717) is 5.82 Å². The van der Waals surface area contributed by atoms with Gasteiger partial charge in [0.25, 0.3) is 0 Å². The van der Waals surface area contributed by atoms with Crippen LogP contribution in [0, 0.1) is 0 Å². The summed E-state index contributed by atoms with van der Waals surface area (Å²) in [6, 6.07) is 2.90. The van der Waals surface area contributed by atoms with Crippen LogP contribution in [0.4, 0.5) is 5.82 Å². The molecule has 0 aliphatic carbocycles. The molecule has 0 atom stereocenters. The maximum absolute atomic E-state index is 10.9. The number of hydrogen-bond acceptors (Lipinski definition) is 3. The molecule has 0 saturated carbocycles. The highest BCUT2D eigenvalue weighted by molar-refractivity contribution is 6.29. The predicted molar refractivity (Wildman–Crippen MR) is 62.2 cm³/mol. The SMILES string of the molecule is O=C(O)c1cc(Cl)nc(N2CC=CCC2)c1. The number of aromatic carboxylic acids is 1. The fraction of sp³-hybridized carbons (Fsp3) is 0.273. The van der Waals surface area contributed by atoms with E-state index in [4.69, 9.17) is 16.7 Å². The van der Waals surface area contributed by atoms with E-state index in [-0.39, 0.29) is 10.7 Å². The monoisotopic (exact) mass is 238 g/mol. The molecule has 5 heteroatoms. The zero-order valence-corrected chi connectivity index (χ0v) is 9.31. The first-order valence-corrected chi connectivity index (χ1v) is 5.35. The summed E-state index contributed by atoms with van der Waals surface area (Å²) in [7, 11) is 0. The number of aromatic nitrogens is 1. The van der Waals surface area contributed by atoms with Crippen molar-refractivity contribution in [3.8, 4) is 0 Å². The quantitative estimate of drug-likeness (QED) is 0.634. The summed E-state index contributed by atoms with van der Waals surface area (Å²) in [4.78, 5) is 17.0. The van der Waals surface area contributed by atoms with E-state index in [1.54, 1.807) is 6.07 Å². The molecule has 0 saturated heterocycles. The van der Waals surface area contributed by atoms with Crippen molar-refractivity contribution in [1.82, 2.24) is 4.98 Å². The number of anilines is 1. The van der Waals surface area contributed by atoms with Gasteiger partial charge in [0.1, 0.15) is 11.0 Å². The lowest BCUT2D eigenvalue weighted by molar-refractivity contribution is 0.0697. The van der Waals surface area contributed by atoms with Gasteiger partial charge >= 0.3 is 5.97 Å². The third-order valence-corrected chi connectivity index (χ3v) is 2.60. The molecule has 1 aliphatic heterocycles. The van der Waals surface area contributed by atoms with Crippen molar-refractivity contribution in [2.75, 3.05) is 18.0 Å². The van der Waals surface area contributed by atoms with Crippen LogP contribution in [0.3, 0.4) is 0 Å². The van der Waals surface area contributed by atoms with Crippen molar-refractivity contribution in [2.45, 2.75) is 6.42 Å². The van der Waals surface area contributed by atoms with Crippen molar-refractivity contribution in [1.29, 1.82) is 0 Å². The standard InChI is InChI=1S/C11H11ClN2O2/c12-9-6-8(11(15)16)7-10(13-9)14-4-2-1-3-5-14/h1-2,6-7H,3-5H2,(H,15,16). The van der Waals surface area contributed by atoms with E-state index in [0.717, 1.165) is 19.5 Å². The van der Waals surface area contributed by atoms with E-state index in [9.17, 15) is 4.79 Å². The average molecular weight is 239 g/mol. The van der Waals surface area contributed by atoms with Crippen LogP contribution >= 0.6 is 11.6 Å². The van der Waals surface area contributed by atoms with Gasteiger partial charge in [-0.15, -0.1) is 0 Å². The van der Waals surface area contributed by atoms with Crippen molar-refractivity contribution in [3.05, 3.63) is 35.0 Å². The molecular weight excluding hydrogens is 228 g/mol. The van der Waals surface area contributed by atoms with Crippen LogP contribution < -0.4 is 4.90 Å². The summed E-state index contributed by atoms with van der Waals surface area (Å²) in [6.07, 6.45) is 5.07. The van der Waals surface area contributed by atoms with Gasteiger partial charge in [-0.25, -0.2) is 9.78 Å². The number of pyridine rings is 1. The Kier molecular flexibility index (Phi) is 3.10. The van der Waals surface area contributed by atoms with Crippen molar-refractivity contribution in [3.63, 3.8) is 0 Å². The van der Waals surface area contributed by atoms with Crippen LogP contribution in [0.1, 0.15) is 16.8 Å². The number of halogens is 1. The molecule has 0 unspecified atom stereocenters. The highest BCUT2D eigenvalue weighted by atomic mass is 35.5. The number of nitrogens with zero attached hydrogens (tertiary/aromatic N) is 2. The van der Waals surface area contributed by atoms with Gasteiger partial charge in [0.2, 0.25) is 0 Å². The van der Waals surface area contributed by atoms with Crippen LogP contribution in [0.5, 0.6) is 0 Å². The largest absolute Gasteiger partial charge is 0.478 e. The van der Waals surface area contributed by atoms with E-state index in [1.165, 1.54) is 6.07 Å². The summed E-state index contributed by atoms with van der Waals surface area (Å²) in [5.74, 6) is -0.368. The first kappa shape index (κ1) is 11.0. The van der Waals surface area contributed by atoms with Gasteiger partial charge in [-0.2, -0.15) is 0 Å².